The van der Waals surface area contributed by atoms with E-state index < -0.39 is 5.60 Å². The van der Waals surface area contributed by atoms with Gasteiger partial charge in [-0.25, -0.2) is 4.79 Å². The number of ether oxygens (including phenoxy) is 1. The lowest BCUT2D eigenvalue weighted by atomic mass is 10.0. The largest absolute Gasteiger partial charge is 0.444 e. The first-order valence-electron chi connectivity index (χ1n) is 7.90. The summed E-state index contributed by atoms with van der Waals surface area (Å²) >= 11 is 12.0. The van der Waals surface area contributed by atoms with Gasteiger partial charge in [0.2, 0.25) is 0 Å². The molecule has 2 amide bonds. The number of carbonyl (C=O) groups is 2. The van der Waals surface area contributed by atoms with E-state index in [4.69, 9.17) is 27.9 Å². The Balaban J connectivity index is 1.88. The third-order valence-corrected chi connectivity index (χ3v) is 4.50. The van der Waals surface area contributed by atoms with Crippen molar-refractivity contribution in [3.8, 4) is 0 Å². The molecule has 0 aromatic heterocycles. The second kappa shape index (κ2) is 7.62. The van der Waals surface area contributed by atoms with E-state index in [9.17, 15) is 9.59 Å². The van der Waals surface area contributed by atoms with Crippen LogP contribution in [-0.2, 0) is 4.74 Å². The van der Waals surface area contributed by atoms with Crippen LogP contribution in [0, 0.1) is 0 Å². The predicted octanol–water partition coefficient (Wildman–Crippen LogP) is 4.12. The topological polar surface area (TPSA) is 58.6 Å². The SMILES string of the molecule is CC(C)(C)OC(=O)N1CCC(NC(=O)c2cccc(Cl)c2Cl)CC1. The van der Waals surface area contributed by atoms with E-state index in [-0.39, 0.29) is 23.1 Å². The molecule has 0 atom stereocenters. The number of benzene rings is 1. The highest BCUT2D eigenvalue weighted by atomic mass is 35.5. The van der Waals surface area contributed by atoms with Gasteiger partial charge in [0, 0.05) is 19.1 Å². The van der Waals surface area contributed by atoms with E-state index in [1.54, 1.807) is 23.1 Å². The molecule has 1 aromatic rings. The lowest BCUT2D eigenvalue weighted by molar-refractivity contribution is 0.0199. The molecule has 0 saturated carbocycles. The summed E-state index contributed by atoms with van der Waals surface area (Å²) in [5.41, 5.74) is -0.149. The van der Waals surface area contributed by atoms with E-state index in [0.717, 1.165) is 0 Å². The predicted molar refractivity (Wildman–Crippen MR) is 94.8 cm³/mol. The standard InChI is InChI=1S/C17H22Cl2N2O3/c1-17(2,3)24-16(23)21-9-7-11(8-10-21)20-15(22)12-5-4-6-13(18)14(12)19/h4-6,11H,7-10H2,1-3H3,(H,20,22). The second-order valence-electron chi connectivity index (χ2n) is 6.82. The molecule has 1 saturated heterocycles. The molecule has 24 heavy (non-hydrogen) atoms. The molecule has 0 radical (unpaired) electrons. The van der Waals surface area contributed by atoms with Crippen LogP contribution in [0.5, 0.6) is 0 Å². The first-order chi connectivity index (χ1) is 11.2. The zero-order valence-corrected chi connectivity index (χ0v) is 15.6. The molecular weight excluding hydrogens is 351 g/mol. The lowest BCUT2D eigenvalue weighted by Gasteiger charge is -2.33. The van der Waals surface area contributed by atoms with Crippen LogP contribution in [0.1, 0.15) is 44.0 Å². The second-order valence-corrected chi connectivity index (χ2v) is 7.60. The molecular formula is C17H22Cl2N2O3. The van der Waals surface area contributed by atoms with Gasteiger partial charge >= 0.3 is 6.09 Å². The fraction of sp³-hybridized carbons (Fsp3) is 0.529. The van der Waals surface area contributed by atoms with Crippen LogP contribution in [0.3, 0.4) is 0 Å². The van der Waals surface area contributed by atoms with E-state index in [1.807, 2.05) is 20.8 Å². The number of hydrogen-bond donors (Lipinski definition) is 1. The van der Waals surface area contributed by atoms with Crippen molar-refractivity contribution in [2.75, 3.05) is 13.1 Å². The van der Waals surface area contributed by atoms with Gasteiger partial charge in [0.05, 0.1) is 15.6 Å². The van der Waals surface area contributed by atoms with Crippen LogP contribution >= 0.6 is 23.2 Å². The quantitative estimate of drug-likeness (QED) is 0.848. The molecule has 0 bridgehead atoms. The number of nitrogens with zero attached hydrogens (tertiary/aromatic N) is 1. The van der Waals surface area contributed by atoms with Gasteiger partial charge in [0.1, 0.15) is 5.60 Å². The number of halogens is 2. The number of rotatable bonds is 2. The summed E-state index contributed by atoms with van der Waals surface area (Å²) in [5, 5.41) is 3.55. The Morgan fingerprint density at radius 3 is 2.42 bits per heavy atom. The highest BCUT2D eigenvalue weighted by Gasteiger charge is 2.28. The van der Waals surface area contributed by atoms with Crippen LogP contribution in [0.25, 0.3) is 0 Å². The van der Waals surface area contributed by atoms with Crippen molar-refractivity contribution in [2.45, 2.75) is 45.3 Å². The third-order valence-electron chi connectivity index (χ3n) is 3.68. The average molecular weight is 373 g/mol. The summed E-state index contributed by atoms with van der Waals surface area (Å²) < 4.78 is 5.36. The summed E-state index contributed by atoms with van der Waals surface area (Å²) in [6.45, 7) is 6.61. The van der Waals surface area contributed by atoms with Gasteiger partial charge in [-0.2, -0.15) is 0 Å². The van der Waals surface area contributed by atoms with Crippen molar-refractivity contribution >= 4 is 35.2 Å². The Kier molecular flexibility index (Phi) is 5.99. The fourth-order valence-corrected chi connectivity index (χ4v) is 2.86. The maximum absolute atomic E-state index is 12.3. The Bertz CT molecular complexity index is 621. The maximum atomic E-state index is 12.3. The molecule has 132 valence electrons. The van der Waals surface area contributed by atoms with Crippen LogP contribution < -0.4 is 5.32 Å². The van der Waals surface area contributed by atoms with Crippen molar-refractivity contribution in [2.24, 2.45) is 0 Å². The van der Waals surface area contributed by atoms with E-state index in [2.05, 4.69) is 5.32 Å². The number of piperidine rings is 1. The average Bonchev–Trinajstić information content (AvgIpc) is 2.49. The van der Waals surface area contributed by atoms with Crippen molar-refractivity contribution < 1.29 is 14.3 Å². The van der Waals surface area contributed by atoms with Gasteiger partial charge in [0.15, 0.2) is 0 Å². The number of nitrogens with one attached hydrogen (secondary N) is 1. The molecule has 0 spiro atoms. The fourth-order valence-electron chi connectivity index (χ4n) is 2.48. The van der Waals surface area contributed by atoms with Crippen molar-refractivity contribution in [1.29, 1.82) is 0 Å². The number of carbonyl (C=O) groups excluding carboxylic acids is 2. The van der Waals surface area contributed by atoms with Crippen molar-refractivity contribution in [3.63, 3.8) is 0 Å². The number of likely N-dealkylation sites (tertiary alicyclic amines) is 1. The number of hydrogen-bond acceptors (Lipinski definition) is 3. The highest BCUT2D eigenvalue weighted by Crippen LogP contribution is 2.25. The van der Waals surface area contributed by atoms with Gasteiger partial charge in [-0.1, -0.05) is 29.3 Å². The zero-order chi connectivity index (χ0) is 17.9. The Labute approximate surface area is 152 Å². The molecule has 7 heteroatoms. The third kappa shape index (κ3) is 5.02. The first-order valence-corrected chi connectivity index (χ1v) is 8.66. The molecule has 1 N–H and O–H groups in total. The van der Waals surface area contributed by atoms with Gasteiger partial charge in [-0.05, 0) is 45.7 Å². The zero-order valence-electron chi connectivity index (χ0n) is 14.1. The molecule has 1 heterocycles. The highest BCUT2D eigenvalue weighted by molar-refractivity contribution is 6.43. The molecule has 0 aliphatic carbocycles. The van der Waals surface area contributed by atoms with Gasteiger partial charge in [-0.15, -0.1) is 0 Å². The molecule has 0 unspecified atom stereocenters. The normalized spacial score (nSPS) is 16.0. The molecule has 2 rings (SSSR count). The van der Waals surface area contributed by atoms with Crippen LogP contribution in [-0.4, -0.2) is 41.6 Å². The van der Waals surface area contributed by atoms with Gasteiger partial charge in [-0.3, -0.25) is 4.79 Å². The summed E-state index contributed by atoms with van der Waals surface area (Å²) in [4.78, 5) is 26.0. The van der Waals surface area contributed by atoms with Gasteiger partial charge < -0.3 is 15.0 Å². The summed E-state index contributed by atoms with van der Waals surface area (Å²) in [7, 11) is 0. The minimum absolute atomic E-state index is 0.00812. The first kappa shape index (κ1) is 18.9. The number of amides is 2. The Morgan fingerprint density at radius 1 is 1.21 bits per heavy atom. The van der Waals surface area contributed by atoms with Crippen LogP contribution in [0.2, 0.25) is 10.0 Å². The monoisotopic (exact) mass is 372 g/mol. The van der Waals surface area contributed by atoms with Crippen molar-refractivity contribution in [3.05, 3.63) is 33.8 Å². The van der Waals surface area contributed by atoms with Crippen LogP contribution in [0.4, 0.5) is 4.79 Å². The molecule has 1 aliphatic heterocycles. The summed E-state index contributed by atoms with van der Waals surface area (Å²) in [6, 6.07) is 4.96. The Hall–Kier alpha value is -1.46. The lowest BCUT2D eigenvalue weighted by Crippen LogP contribution is -2.47. The molecule has 1 fully saturated rings. The summed E-state index contributed by atoms with van der Waals surface area (Å²) in [6.07, 6.45) is 1.02. The summed E-state index contributed by atoms with van der Waals surface area (Å²) in [5.74, 6) is -0.252. The minimum atomic E-state index is -0.508. The molecule has 1 aromatic carbocycles. The van der Waals surface area contributed by atoms with E-state index in [0.29, 0.717) is 36.5 Å². The van der Waals surface area contributed by atoms with E-state index in [1.165, 1.54) is 0 Å². The molecule has 1 aliphatic rings. The smallest absolute Gasteiger partial charge is 0.410 e. The minimum Gasteiger partial charge on any atom is -0.444 e. The maximum Gasteiger partial charge on any atom is 0.410 e. The van der Waals surface area contributed by atoms with Gasteiger partial charge in [0.25, 0.3) is 5.91 Å². The van der Waals surface area contributed by atoms with E-state index >= 15 is 0 Å². The van der Waals surface area contributed by atoms with Crippen LogP contribution in [0.15, 0.2) is 18.2 Å². The van der Waals surface area contributed by atoms with Crippen molar-refractivity contribution in [1.82, 2.24) is 10.2 Å². The molecule has 5 nitrogen and oxygen atoms in total. The Morgan fingerprint density at radius 2 is 1.83 bits per heavy atom.